The summed E-state index contributed by atoms with van der Waals surface area (Å²) in [6, 6.07) is 12.2. The number of benzene rings is 2. The standard InChI is InChI=1S/C19H13ClN2O4S2/c20-12-2-1-3-13(8-12)21-17(23)9-22-18(24)16(28-19(22)27)7-11-4-5-14-15(6-11)26-10-25-14/h1-8H,9-10H2,(H,21,23)/b16-7+. The number of fused-ring (bicyclic) bond motifs is 1. The van der Waals surface area contributed by atoms with Crippen molar-refractivity contribution < 1.29 is 19.1 Å². The molecule has 0 aliphatic carbocycles. The van der Waals surface area contributed by atoms with Gasteiger partial charge in [0.05, 0.1) is 4.91 Å². The van der Waals surface area contributed by atoms with Crippen molar-refractivity contribution in [3.05, 3.63) is 58.0 Å². The van der Waals surface area contributed by atoms with Gasteiger partial charge >= 0.3 is 0 Å². The molecule has 1 saturated heterocycles. The highest BCUT2D eigenvalue weighted by Gasteiger charge is 2.33. The first-order chi connectivity index (χ1) is 13.5. The van der Waals surface area contributed by atoms with E-state index in [1.54, 1.807) is 42.5 Å². The van der Waals surface area contributed by atoms with Crippen molar-refractivity contribution in [3.63, 3.8) is 0 Å². The summed E-state index contributed by atoms with van der Waals surface area (Å²) in [6.45, 7) is 0.0122. The lowest BCUT2D eigenvalue weighted by Crippen LogP contribution is -2.36. The van der Waals surface area contributed by atoms with Crippen LogP contribution in [-0.4, -0.2) is 34.4 Å². The van der Waals surface area contributed by atoms with E-state index < -0.39 is 0 Å². The van der Waals surface area contributed by atoms with E-state index in [0.29, 0.717) is 31.4 Å². The van der Waals surface area contributed by atoms with Crippen LogP contribution in [0.2, 0.25) is 5.02 Å². The molecule has 2 aromatic carbocycles. The van der Waals surface area contributed by atoms with Crippen molar-refractivity contribution >= 4 is 63.5 Å². The molecule has 2 amide bonds. The second kappa shape index (κ2) is 7.83. The molecule has 9 heteroatoms. The van der Waals surface area contributed by atoms with Crippen LogP contribution in [0.25, 0.3) is 6.08 Å². The SMILES string of the molecule is O=C(CN1C(=O)/C(=C\c2ccc3c(c2)OCO3)SC1=S)Nc1cccc(Cl)c1. The maximum Gasteiger partial charge on any atom is 0.266 e. The molecule has 4 rings (SSSR count). The summed E-state index contributed by atoms with van der Waals surface area (Å²) in [5, 5.41) is 3.22. The van der Waals surface area contributed by atoms with Crippen LogP contribution in [0, 0.1) is 0 Å². The lowest BCUT2D eigenvalue weighted by molar-refractivity contribution is -0.126. The summed E-state index contributed by atoms with van der Waals surface area (Å²) in [4.78, 5) is 26.7. The fraction of sp³-hybridized carbons (Fsp3) is 0.105. The number of rotatable bonds is 4. The number of anilines is 1. The molecule has 0 aromatic heterocycles. The first kappa shape index (κ1) is 18.8. The summed E-state index contributed by atoms with van der Waals surface area (Å²) in [6.07, 6.45) is 1.72. The number of thiocarbonyl (C=S) groups is 1. The molecule has 0 atom stereocenters. The Morgan fingerprint density at radius 1 is 1.25 bits per heavy atom. The fourth-order valence-electron chi connectivity index (χ4n) is 2.70. The smallest absolute Gasteiger partial charge is 0.266 e. The minimum absolute atomic E-state index is 0.171. The molecule has 0 radical (unpaired) electrons. The highest BCUT2D eigenvalue weighted by Crippen LogP contribution is 2.36. The van der Waals surface area contributed by atoms with Crippen molar-refractivity contribution in [1.82, 2.24) is 4.90 Å². The van der Waals surface area contributed by atoms with Crippen molar-refractivity contribution in [2.24, 2.45) is 0 Å². The molecule has 0 spiro atoms. The van der Waals surface area contributed by atoms with Crippen molar-refractivity contribution in [2.75, 3.05) is 18.7 Å². The Morgan fingerprint density at radius 2 is 2.07 bits per heavy atom. The number of carbonyl (C=O) groups is 2. The molecule has 2 aliphatic rings. The molecular weight excluding hydrogens is 420 g/mol. The van der Waals surface area contributed by atoms with Crippen LogP contribution in [0.3, 0.4) is 0 Å². The quantitative estimate of drug-likeness (QED) is 0.583. The normalized spacial score (nSPS) is 16.8. The number of nitrogens with zero attached hydrogens (tertiary/aromatic N) is 1. The van der Waals surface area contributed by atoms with Crippen LogP contribution in [0.1, 0.15) is 5.56 Å². The zero-order chi connectivity index (χ0) is 19.7. The fourth-order valence-corrected chi connectivity index (χ4v) is 4.15. The van der Waals surface area contributed by atoms with Gasteiger partial charge < -0.3 is 14.8 Å². The summed E-state index contributed by atoms with van der Waals surface area (Å²) < 4.78 is 11.0. The van der Waals surface area contributed by atoms with Gasteiger partial charge in [-0.25, -0.2) is 0 Å². The van der Waals surface area contributed by atoms with Gasteiger partial charge in [0.2, 0.25) is 12.7 Å². The van der Waals surface area contributed by atoms with Crippen molar-refractivity contribution in [1.29, 1.82) is 0 Å². The minimum atomic E-state index is -0.358. The molecule has 2 aliphatic heterocycles. The van der Waals surface area contributed by atoms with Gasteiger partial charge in [0.25, 0.3) is 5.91 Å². The van der Waals surface area contributed by atoms with Crippen LogP contribution in [-0.2, 0) is 9.59 Å². The number of thioether (sulfide) groups is 1. The van der Waals surface area contributed by atoms with Gasteiger partial charge in [-0.15, -0.1) is 0 Å². The van der Waals surface area contributed by atoms with Gasteiger partial charge in [0.1, 0.15) is 10.9 Å². The number of carbonyl (C=O) groups excluding carboxylic acids is 2. The second-order valence-corrected chi connectivity index (χ2v) is 8.05. The Balaban J connectivity index is 1.45. The Kier molecular flexibility index (Phi) is 5.25. The van der Waals surface area contributed by atoms with E-state index in [1.165, 1.54) is 4.90 Å². The predicted octanol–water partition coefficient (Wildman–Crippen LogP) is 3.91. The number of amides is 2. The number of ether oxygens (including phenoxy) is 2. The van der Waals surface area contributed by atoms with E-state index in [1.807, 2.05) is 6.07 Å². The molecule has 0 bridgehead atoms. The average Bonchev–Trinajstić information content (AvgIpc) is 3.21. The summed E-state index contributed by atoms with van der Waals surface area (Å²) in [5.74, 6) is 0.629. The van der Waals surface area contributed by atoms with E-state index >= 15 is 0 Å². The topological polar surface area (TPSA) is 67.9 Å². The maximum atomic E-state index is 12.7. The third-order valence-electron chi connectivity index (χ3n) is 3.98. The van der Waals surface area contributed by atoms with E-state index in [2.05, 4.69) is 5.32 Å². The van der Waals surface area contributed by atoms with Crippen molar-refractivity contribution in [3.8, 4) is 11.5 Å². The number of nitrogens with one attached hydrogen (secondary N) is 1. The van der Waals surface area contributed by atoms with Gasteiger partial charge in [0, 0.05) is 10.7 Å². The van der Waals surface area contributed by atoms with Gasteiger partial charge in [-0.1, -0.05) is 47.7 Å². The monoisotopic (exact) mass is 432 g/mol. The molecule has 0 saturated carbocycles. The molecule has 1 fully saturated rings. The zero-order valence-corrected chi connectivity index (χ0v) is 16.7. The molecule has 2 aromatic rings. The zero-order valence-electron chi connectivity index (χ0n) is 14.3. The van der Waals surface area contributed by atoms with Gasteiger partial charge in [-0.3, -0.25) is 14.5 Å². The minimum Gasteiger partial charge on any atom is -0.454 e. The lowest BCUT2D eigenvalue weighted by atomic mass is 10.2. The van der Waals surface area contributed by atoms with E-state index in [0.717, 1.165) is 17.3 Å². The predicted molar refractivity (Wildman–Crippen MR) is 113 cm³/mol. The lowest BCUT2D eigenvalue weighted by Gasteiger charge is -2.14. The second-order valence-electron chi connectivity index (χ2n) is 5.94. The molecule has 0 unspecified atom stereocenters. The third-order valence-corrected chi connectivity index (χ3v) is 5.59. The van der Waals surface area contributed by atoms with Crippen LogP contribution < -0.4 is 14.8 Å². The Labute approximate surface area is 175 Å². The molecule has 6 nitrogen and oxygen atoms in total. The average molecular weight is 433 g/mol. The van der Waals surface area contributed by atoms with Crippen LogP contribution >= 0.6 is 35.6 Å². The van der Waals surface area contributed by atoms with Gasteiger partial charge in [0.15, 0.2) is 11.5 Å². The van der Waals surface area contributed by atoms with Crippen molar-refractivity contribution in [2.45, 2.75) is 0 Å². The largest absolute Gasteiger partial charge is 0.454 e. The first-order valence-electron chi connectivity index (χ1n) is 8.20. The Morgan fingerprint density at radius 3 is 2.89 bits per heavy atom. The van der Waals surface area contributed by atoms with E-state index in [4.69, 9.17) is 33.3 Å². The number of hydrogen-bond donors (Lipinski definition) is 1. The highest BCUT2D eigenvalue weighted by atomic mass is 35.5. The third kappa shape index (κ3) is 3.99. The first-order valence-corrected chi connectivity index (χ1v) is 9.80. The van der Waals surface area contributed by atoms with Gasteiger partial charge in [-0.05, 0) is 42.0 Å². The van der Waals surface area contributed by atoms with Gasteiger partial charge in [-0.2, -0.15) is 0 Å². The summed E-state index contributed by atoms with van der Waals surface area (Å²) >= 11 is 12.3. The van der Waals surface area contributed by atoms with Crippen LogP contribution in [0.4, 0.5) is 5.69 Å². The summed E-state index contributed by atoms with van der Waals surface area (Å²) in [5.41, 5.74) is 1.34. The molecule has 2 heterocycles. The highest BCUT2D eigenvalue weighted by molar-refractivity contribution is 8.26. The number of halogens is 1. The van der Waals surface area contributed by atoms with E-state index in [9.17, 15) is 9.59 Å². The molecule has 1 N–H and O–H groups in total. The molecular formula is C19H13ClN2O4S2. The van der Waals surface area contributed by atoms with E-state index in [-0.39, 0.29) is 25.2 Å². The number of hydrogen-bond acceptors (Lipinski definition) is 6. The molecule has 142 valence electrons. The van der Waals surface area contributed by atoms with Crippen LogP contribution in [0.5, 0.6) is 11.5 Å². The Hall–Kier alpha value is -2.55. The summed E-state index contributed by atoms with van der Waals surface area (Å²) in [7, 11) is 0. The molecule has 28 heavy (non-hydrogen) atoms. The Bertz CT molecular complexity index is 1020. The van der Waals surface area contributed by atoms with Crippen LogP contribution in [0.15, 0.2) is 47.4 Å². The maximum absolute atomic E-state index is 12.7.